The zero-order valence-electron chi connectivity index (χ0n) is 14.9. The summed E-state index contributed by atoms with van der Waals surface area (Å²) in [4.78, 5) is 16.8. The second-order valence-electron chi connectivity index (χ2n) is 6.57. The molecule has 6 heteroatoms. The van der Waals surface area contributed by atoms with E-state index in [1.807, 2.05) is 38.1 Å². The normalized spacial score (nSPS) is 11.1. The van der Waals surface area contributed by atoms with Crippen LogP contribution in [0.3, 0.4) is 0 Å². The lowest BCUT2D eigenvalue weighted by Gasteiger charge is -2.04. The SMILES string of the molecule is Cc1nc(-c2cccc(NC(=O)c3cc(CC(C)C)[nH]n3)c2)oc1C. The van der Waals surface area contributed by atoms with E-state index in [1.54, 1.807) is 6.07 Å². The molecule has 0 fully saturated rings. The van der Waals surface area contributed by atoms with Gasteiger partial charge in [0.05, 0.1) is 5.69 Å². The van der Waals surface area contributed by atoms with Gasteiger partial charge in [0.2, 0.25) is 5.89 Å². The second kappa shape index (κ2) is 6.93. The van der Waals surface area contributed by atoms with E-state index in [0.717, 1.165) is 29.1 Å². The quantitative estimate of drug-likeness (QED) is 0.732. The van der Waals surface area contributed by atoms with Gasteiger partial charge < -0.3 is 9.73 Å². The van der Waals surface area contributed by atoms with Crippen molar-refractivity contribution in [1.29, 1.82) is 0 Å². The van der Waals surface area contributed by atoms with Crippen LogP contribution < -0.4 is 5.32 Å². The van der Waals surface area contributed by atoms with Crippen LogP contribution in [0.5, 0.6) is 0 Å². The summed E-state index contributed by atoms with van der Waals surface area (Å²) < 4.78 is 5.64. The van der Waals surface area contributed by atoms with Crippen LogP contribution in [0.4, 0.5) is 5.69 Å². The zero-order valence-corrected chi connectivity index (χ0v) is 14.9. The Bertz CT molecular complexity index is 873. The number of carbonyl (C=O) groups is 1. The summed E-state index contributed by atoms with van der Waals surface area (Å²) in [7, 11) is 0. The van der Waals surface area contributed by atoms with E-state index in [1.165, 1.54) is 0 Å². The van der Waals surface area contributed by atoms with Crippen LogP contribution in [0.25, 0.3) is 11.5 Å². The van der Waals surface area contributed by atoms with Gasteiger partial charge in [0.15, 0.2) is 5.69 Å². The molecule has 3 aromatic rings. The Labute approximate surface area is 146 Å². The number of nitrogens with one attached hydrogen (secondary N) is 2. The standard InChI is InChI=1S/C19H22N4O2/c1-11(2)8-16-10-17(23-22-16)18(24)21-15-7-5-6-14(9-15)19-20-12(3)13(4)25-19/h5-7,9-11H,8H2,1-4H3,(H,21,24)(H,22,23). The lowest BCUT2D eigenvalue weighted by atomic mass is 10.1. The molecule has 0 unspecified atom stereocenters. The number of oxazole rings is 1. The van der Waals surface area contributed by atoms with Crippen molar-refractivity contribution in [2.75, 3.05) is 5.32 Å². The molecule has 0 spiro atoms. The van der Waals surface area contributed by atoms with Gasteiger partial charge in [-0.1, -0.05) is 19.9 Å². The fourth-order valence-corrected chi connectivity index (χ4v) is 2.54. The number of anilines is 1. The van der Waals surface area contributed by atoms with Crippen molar-refractivity contribution < 1.29 is 9.21 Å². The third kappa shape index (κ3) is 3.96. The van der Waals surface area contributed by atoms with Crippen molar-refractivity contribution in [2.24, 2.45) is 5.92 Å². The first kappa shape index (κ1) is 17.0. The van der Waals surface area contributed by atoms with Gasteiger partial charge in [0.25, 0.3) is 5.91 Å². The van der Waals surface area contributed by atoms with Crippen LogP contribution in [0.1, 0.15) is 41.5 Å². The van der Waals surface area contributed by atoms with Crippen molar-refractivity contribution in [1.82, 2.24) is 15.2 Å². The Balaban J connectivity index is 1.75. The number of carbonyl (C=O) groups excluding carboxylic acids is 1. The summed E-state index contributed by atoms with van der Waals surface area (Å²) in [6, 6.07) is 9.21. The van der Waals surface area contributed by atoms with Gasteiger partial charge in [-0.3, -0.25) is 9.89 Å². The predicted molar refractivity (Wildman–Crippen MR) is 96.5 cm³/mol. The highest BCUT2D eigenvalue weighted by Crippen LogP contribution is 2.24. The minimum absolute atomic E-state index is 0.247. The number of benzene rings is 1. The Morgan fingerprint density at radius 2 is 2.08 bits per heavy atom. The maximum absolute atomic E-state index is 12.4. The molecule has 2 N–H and O–H groups in total. The van der Waals surface area contributed by atoms with Crippen molar-refractivity contribution in [3.8, 4) is 11.5 Å². The Kier molecular flexibility index (Phi) is 4.70. The van der Waals surface area contributed by atoms with E-state index in [9.17, 15) is 4.79 Å². The average molecular weight is 338 g/mol. The number of hydrogen-bond donors (Lipinski definition) is 2. The van der Waals surface area contributed by atoms with Gasteiger partial charge >= 0.3 is 0 Å². The number of H-pyrrole nitrogens is 1. The molecule has 130 valence electrons. The van der Waals surface area contributed by atoms with E-state index >= 15 is 0 Å². The molecule has 1 aromatic carbocycles. The molecule has 0 saturated carbocycles. The molecule has 0 aliphatic rings. The van der Waals surface area contributed by atoms with E-state index in [-0.39, 0.29) is 5.91 Å². The van der Waals surface area contributed by atoms with Crippen LogP contribution in [0.15, 0.2) is 34.7 Å². The fourth-order valence-electron chi connectivity index (χ4n) is 2.54. The third-order valence-electron chi connectivity index (χ3n) is 3.89. The number of rotatable bonds is 5. The zero-order chi connectivity index (χ0) is 18.0. The first-order valence-corrected chi connectivity index (χ1v) is 8.32. The number of aromatic nitrogens is 3. The average Bonchev–Trinajstić information content (AvgIpc) is 3.14. The van der Waals surface area contributed by atoms with Crippen molar-refractivity contribution >= 4 is 11.6 Å². The van der Waals surface area contributed by atoms with Gasteiger partial charge in [0.1, 0.15) is 5.76 Å². The fraction of sp³-hybridized carbons (Fsp3) is 0.316. The summed E-state index contributed by atoms with van der Waals surface area (Å²) in [6.07, 6.45) is 0.860. The summed E-state index contributed by atoms with van der Waals surface area (Å²) in [5, 5.41) is 9.87. The van der Waals surface area contributed by atoms with E-state index < -0.39 is 0 Å². The lowest BCUT2D eigenvalue weighted by molar-refractivity contribution is 0.102. The molecule has 0 aliphatic carbocycles. The predicted octanol–water partition coefficient (Wildman–Crippen LogP) is 4.13. The molecule has 6 nitrogen and oxygen atoms in total. The number of nitrogens with zero attached hydrogens (tertiary/aromatic N) is 2. The molecule has 2 aromatic heterocycles. The van der Waals surface area contributed by atoms with Gasteiger partial charge in [-0.05, 0) is 50.5 Å². The van der Waals surface area contributed by atoms with E-state index in [4.69, 9.17) is 4.42 Å². The van der Waals surface area contributed by atoms with Gasteiger partial charge in [0, 0.05) is 16.9 Å². The van der Waals surface area contributed by atoms with Crippen LogP contribution in [0.2, 0.25) is 0 Å². The van der Waals surface area contributed by atoms with Crippen LogP contribution in [-0.2, 0) is 6.42 Å². The smallest absolute Gasteiger partial charge is 0.276 e. The first-order valence-electron chi connectivity index (χ1n) is 8.32. The molecule has 0 radical (unpaired) electrons. The second-order valence-corrected chi connectivity index (χ2v) is 6.57. The minimum atomic E-state index is -0.247. The highest BCUT2D eigenvalue weighted by molar-refractivity contribution is 6.03. The van der Waals surface area contributed by atoms with E-state index in [2.05, 4.69) is 34.3 Å². The summed E-state index contributed by atoms with van der Waals surface area (Å²) in [6.45, 7) is 8.03. The van der Waals surface area contributed by atoms with Gasteiger partial charge in [-0.2, -0.15) is 5.10 Å². The Hall–Kier alpha value is -2.89. The van der Waals surface area contributed by atoms with Gasteiger partial charge in [-0.25, -0.2) is 4.98 Å². The Morgan fingerprint density at radius 3 is 2.76 bits per heavy atom. The molecular weight excluding hydrogens is 316 g/mol. The van der Waals surface area contributed by atoms with E-state index in [0.29, 0.717) is 23.2 Å². The van der Waals surface area contributed by atoms with Crippen LogP contribution in [0, 0.1) is 19.8 Å². The van der Waals surface area contributed by atoms with Crippen LogP contribution in [-0.4, -0.2) is 21.1 Å². The van der Waals surface area contributed by atoms with Crippen LogP contribution >= 0.6 is 0 Å². The minimum Gasteiger partial charge on any atom is -0.441 e. The first-order chi connectivity index (χ1) is 11.9. The van der Waals surface area contributed by atoms with Gasteiger partial charge in [-0.15, -0.1) is 0 Å². The number of hydrogen-bond acceptors (Lipinski definition) is 4. The highest BCUT2D eigenvalue weighted by Gasteiger charge is 2.13. The molecule has 3 rings (SSSR count). The molecule has 1 amide bonds. The number of amides is 1. The highest BCUT2D eigenvalue weighted by atomic mass is 16.4. The lowest BCUT2D eigenvalue weighted by Crippen LogP contribution is -2.12. The molecule has 25 heavy (non-hydrogen) atoms. The molecule has 0 aliphatic heterocycles. The maximum atomic E-state index is 12.4. The summed E-state index contributed by atoms with van der Waals surface area (Å²) in [5.41, 5.74) is 3.68. The largest absolute Gasteiger partial charge is 0.441 e. The summed E-state index contributed by atoms with van der Waals surface area (Å²) >= 11 is 0. The monoisotopic (exact) mass is 338 g/mol. The molecule has 0 bridgehead atoms. The molecule has 2 heterocycles. The summed E-state index contributed by atoms with van der Waals surface area (Å²) in [5.74, 6) is 1.59. The number of aromatic amines is 1. The number of aryl methyl sites for hydroxylation is 2. The maximum Gasteiger partial charge on any atom is 0.276 e. The van der Waals surface area contributed by atoms with Crippen molar-refractivity contribution in [2.45, 2.75) is 34.1 Å². The third-order valence-corrected chi connectivity index (χ3v) is 3.89. The van der Waals surface area contributed by atoms with Crippen molar-refractivity contribution in [3.05, 3.63) is 53.2 Å². The van der Waals surface area contributed by atoms with Crippen molar-refractivity contribution in [3.63, 3.8) is 0 Å². The Morgan fingerprint density at radius 1 is 1.28 bits per heavy atom. The molecule has 0 saturated heterocycles. The molecular formula is C19H22N4O2. The topological polar surface area (TPSA) is 83.8 Å². The molecule has 0 atom stereocenters.